The average Bonchev–Trinajstić information content (AvgIpc) is 2.37. The Bertz CT molecular complexity index is 202. The van der Waals surface area contributed by atoms with Crippen molar-refractivity contribution in [2.45, 2.75) is 40.5 Å². The SMILES string of the molecule is CC(C)C1CCOCC1.CC(C)CN(C=O)CN. The van der Waals surface area contributed by atoms with Crippen LogP contribution in [-0.2, 0) is 9.53 Å². The second kappa shape index (κ2) is 10.3. The molecule has 108 valence electrons. The molecule has 4 nitrogen and oxygen atoms in total. The molecule has 0 unspecified atom stereocenters. The van der Waals surface area contributed by atoms with Gasteiger partial charge in [0, 0.05) is 19.8 Å². The average molecular weight is 258 g/mol. The first kappa shape index (κ1) is 17.4. The molecule has 18 heavy (non-hydrogen) atoms. The zero-order chi connectivity index (χ0) is 14.0. The monoisotopic (exact) mass is 258 g/mol. The van der Waals surface area contributed by atoms with Gasteiger partial charge in [0.2, 0.25) is 6.41 Å². The van der Waals surface area contributed by atoms with Crippen molar-refractivity contribution in [2.24, 2.45) is 23.5 Å². The lowest BCUT2D eigenvalue weighted by Gasteiger charge is -2.24. The number of ether oxygens (including phenoxy) is 1. The number of carbonyl (C=O) groups excluding carboxylic acids is 1. The first-order valence-electron chi connectivity index (χ1n) is 6.98. The van der Waals surface area contributed by atoms with Crippen LogP contribution in [0.5, 0.6) is 0 Å². The molecule has 0 radical (unpaired) electrons. The maximum atomic E-state index is 10.1. The Kier molecular flexibility index (Phi) is 9.98. The van der Waals surface area contributed by atoms with Crippen molar-refractivity contribution < 1.29 is 9.53 Å². The second-order valence-electron chi connectivity index (χ2n) is 5.65. The molecule has 0 aromatic heterocycles. The highest BCUT2D eigenvalue weighted by Gasteiger charge is 2.16. The van der Waals surface area contributed by atoms with Gasteiger partial charge in [-0.2, -0.15) is 0 Å². The van der Waals surface area contributed by atoms with Crippen LogP contribution in [0.4, 0.5) is 0 Å². The summed E-state index contributed by atoms with van der Waals surface area (Å²) in [5, 5.41) is 0. The number of nitrogens with two attached hydrogens (primary N) is 1. The van der Waals surface area contributed by atoms with Gasteiger partial charge in [-0.05, 0) is 30.6 Å². The Morgan fingerprint density at radius 2 is 1.83 bits per heavy atom. The Balaban J connectivity index is 0.000000321. The molecule has 0 saturated carbocycles. The Morgan fingerprint density at radius 1 is 1.28 bits per heavy atom. The van der Waals surface area contributed by atoms with Crippen LogP contribution in [0.1, 0.15) is 40.5 Å². The minimum absolute atomic E-state index is 0.321. The fourth-order valence-corrected chi connectivity index (χ4v) is 2.01. The van der Waals surface area contributed by atoms with Crippen molar-refractivity contribution in [3.05, 3.63) is 0 Å². The molecular formula is C14H30N2O2. The van der Waals surface area contributed by atoms with Crippen LogP contribution < -0.4 is 5.73 Å². The molecule has 1 amide bonds. The maximum absolute atomic E-state index is 10.1. The molecule has 0 bridgehead atoms. The third kappa shape index (κ3) is 8.48. The van der Waals surface area contributed by atoms with Crippen LogP contribution in [0.2, 0.25) is 0 Å². The minimum atomic E-state index is 0.321. The molecule has 1 fully saturated rings. The van der Waals surface area contributed by atoms with Crippen LogP contribution in [0.25, 0.3) is 0 Å². The largest absolute Gasteiger partial charge is 0.381 e. The van der Waals surface area contributed by atoms with E-state index in [0.717, 1.165) is 38.0 Å². The molecule has 2 N–H and O–H groups in total. The summed E-state index contributed by atoms with van der Waals surface area (Å²) in [5.74, 6) is 2.28. The number of hydrogen-bond acceptors (Lipinski definition) is 3. The van der Waals surface area contributed by atoms with Crippen molar-refractivity contribution in [3.63, 3.8) is 0 Å². The Morgan fingerprint density at radius 3 is 2.06 bits per heavy atom. The highest BCUT2D eigenvalue weighted by Crippen LogP contribution is 2.22. The summed E-state index contributed by atoms with van der Waals surface area (Å²) in [4.78, 5) is 11.7. The van der Waals surface area contributed by atoms with Gasteiger partial charge >= 0.3 is 0 Å². The summed E-state index contributed by atoms with van der Waals surface area (Å²) in [5.41, 5.74) is 5.23. The second-order valence-corrected chi connectivity index (χ2v) is 5.65. The van der Waals surface area contributed by atoms with Gasteiger partial charge in [-0.15, -0.1) is 0 Å². The van der Waals surface area contributed by atoms with Gasteiger partial charge in [-0.25, -0.2) is 0 Å². The number of carbonyl (C=O) groups is 1. The molecular weight excluding hydrogens is 228 g/mol. The van der Waals surface area contributed by atoms with Crippen LogP contribution in [0, 0.1) is 17.8 Å². The van der Waals surface area contributed by atoms with Gasteiger partial charge in [0.15, 0.2) is 0 Å². The smallest absolute Gasteiger partial charge is 0.210 e. The van der Waals surface area contributed by atoms with Crippen LogP contribution in [0.15, 0.2) is 0 Å². The number of rotatable bonds is 5. The Labute approximate surface area is 112 Å². The van der Waals surface area contributed by atoms with Crippen molar-refractivity contribution in [2.75, 3.05) is 26.4 Å². The molecule has 0 aromatic rings. The number of amides is 1. The first-order valence-corrected chi connectivity index (χ1v) is 6.98. The molecule has 1 aliphatic rings. The highest BCUT2D eigenvalue weighted by atomic mass is 16.5. The zero-order valence-corrected chi connectivity index (χ0v) is 12.4. The van der Waals surface area contributed by atoms with E-state index in [1.54, 1.807) is 4.90 Å². The molecule has 1 aliphatic heterocycles. The maximum Gasteiger partial charge on any atom is 0.210 e. The molecule has 4 heteroatoms. The molecule has 0 aromatic carbocycles. The van der Waals surface area contributed by atoms with Crippen LogP contribution in [0.3, 0.4) is 0 Å². The van der Waals surface area contributed by atoms with E-state index in [4.69, 9.17) is 10.5 Å². The summed E-state index contributed by atoms with van der Waals surface area (Å²) < 4.78 is 5.25. The van der Waals surface area contributed by atoms with Crippen molar-refractivity contribution in [1.29, 1.82) is 0 Å². The summed E-state index contributed by atoms with van der Waals surface area (Å²) >= 11 is 0. The van der Waals surface area contributed by atoms with E-state index < -0.39 is 0 Å². The lowest BCUT2D eigenvalue weighted by Crippen LogP contribution is -2.31. The molecule has 0 spiro atoms. The molecule has 1 saturated heterocycles. The zero-order valence-electron chi connectivity index (χ0n) is 12.4. The van der Waals surface area contributed by atoms with E-state index in [0.29, 0.717) is 12.6 Å². The van der Waals surface area contributed by atoms with Crippen molar-refractivity contribution in [1.82, 2.24) is 4.90 Å². The number of nitrogens with zero attached hydrogens (tertiary/aromatic N) is 1. The summed E-state index contributed by atoms with van der Waals surface area (Å²) in [6, 6.07) is 0. The number of hydrogen-bond donors (Lipinski definition) is 1. The lowest BCUT2D eigenvalue weighted by molar-refractivity contribution is -0.118. The first-order chi connectivity index (χ1) is 8.51. The quantitative estimate of drug-likeness (QED) is 0.607. The molecule has 1 heterocycles. The van der Waals surface area contributed by atoms with E-state index in [9.17, 15) is 4.79 Å². The van der Waals surface area contributed by atoms with Crippen LogP contribution in [-0.4, -0.2) is 37.7 Å². The Hall–Kier alpha value is -0.610. The molecule has 0 aliphatic carbocycles. The van der Waals surface area contributed by atoms with Gasteiger partial charge in [-0.1, -0.05) is 27.7 Å². The van der Waals surface area contributed by atoms with E-state index in [1.807, 2.05) is 13.8 Å². The molecule has 0 atom stereocenters. The van der Waals surface area contributed by atoms with E-state index >= 15 is 0 Å². The van der Waals surface area contributed by atoms with Crippen LogP contribution >= 0.6 is 0 Å². The standard InChI is InChI=1S/C8H16O.C6H14N2O/c1-7(2)8-3-5-9-6-4-8;1-6(2)3-8(4-7)5-9/h7-8H,3-6H2,1-2H3;5-6H,3-4,7H2,1-2H3. The fourth-order valence-electron chi connectivity index (χ4n) is 2.01. The van der Waals surface area contributed by atoms with Crippen molar-refractivity contribution in [3.8, 4) is 0 Å². The third-order valence-corrected chi connectivity index (χ3v) is 3.19. The minimum Gasteiger partial charge on any atom is -0.381 e. The fraction of sp³-hybridized carbons (Fsp3) is 0.929. The summed E-state index contributed by atoms with van der Waals surface area (Å²) in [6.07, 6.45) is 3.33. The van der Waals surface area contributed by atoms with Gasteiger partial charge in [0.05, 0.1) is 6.67 Å². The predicted molar refractivity (Wildman–Crippen MR) is 75.0 cm³/mol. The highest BCUT2D eigenvalue weighted by molar-refractivity contribution is 5.46. The normalized spacial score (nSPS) is 16.4. The van der Waals surface area contributed by atoms with E-state index in [1.165, 1.54) is 12.8 Å². The van der Waals surface area contributed by atoms with Gasteiger partial charge in [0.1, 0.15) is 0 Å². The van der Waals surface area contributed by atoms with E-state index in [-0.39, 0.29) is 0 Å². The van der Waals surface area contributed by atoms with Crippen molar-refractivity contribution >= 4 is 6.41 Å². The summed E-state index contributed by atoms with van der Waals surface area (Å²) in [6.45, 7) is 11.7. The van der Waals surface area contributed by atoms with E-state index in [2.05, 4.69) is 13.8 Å². The van der Waals surface area contributed by atoms with Gasteiger partial charge < -0.3 is 15.4 Å². The lowest BCUT2D eigenvalue weighted by atomic mass is 9.89. The third-order valence-electron chi connectivity index (χ3n) is 3.19. The summed E-state index contributed by atoms with van der Waals surface area (Å²) in [7, 11) is 0. The van der Waals surface area contributed by atoms with Gasteiger partial charge in [-0.3, -0.25) is 4.79 Å². The van der Waals surface area contributed by atoms with Gasteiger partial charge in [0.25, 0.3) is 0 Å². The molecule has 1 rings (SSSR count). The topological polar surface area (TPSA) is 55.6 Å². The predicted octanol–water partition coefficient (Wildman–Crippen LogP) is 2.09.